The number of hydrogen-bond donors (Lipinski definition) is 2. The monoisotopic (exact) mass is 449 g/mol. The summed E-state index contributed by atoms with van der Waals surface area (Å²) in [6.07, 6.45) is 0. The van der Waals surface area contributed by atoms with Gasteiger partial charge in [-0.05, 0) is 30.3 Å². The van der Waals surface area contributed by atoms with Gasteiger partial charge in [0.05, 0.1) is 11.3 Å². The van der Waals surface area contributed by atoms with Gasteiger partial charge in [0.15, 0.2) is 5.01 Å². The number of amides is 1. The molecule has 0 bridgehead atoms. The van der Waals surface area contributed by atoms with Gasteiger partial charge in [-0.15, -0.1) is 22.0 Å². The maximum Gasteiger partial charge on any atom is 0.240 e. The molecule has 1 unspecified atom stereocenters. The quantitative estimate of drug-likeness (QED) is 0.624. The van der Waals surface area contributed by atoms with E-state index in [0.29, 0.717) is 27.0 Å². The van der Waals surface area contributed by atoms with Crippen LogP contribution in [-0.4, -0.2) is 32.1 Å². The van der Waals surface area contributed by atoms with Crippen molar-refractivity contribution in [3.05, 3.63) is 52.5 Å². The number of halogens is 1. The minimum absolute atomic E-state index is 0.0978. The number of aromatic nitrogens is 2. The summed E-state index contributed by atoms with van der Waals surface area (Å²) in [6, 6.07) is 12.0. The number of nitrogens with zero attached hydrogens (tertiary/aromatic N) is 3. The molecule has 1 atom stereocenters. The summed E-state index contributed by atoms with van der Waals surface area (Å²) in [6.45, 7) is 0. The highest BCUT2D eigenvalue weighted by atomic mass is 79.9. The Balaban J connectivity index is 1.73. The minimum atomic E-state index is -0.384. The molecule has 2 N–H and O–H groups in total. The molecule has 1 amide bonds. The summed E-state index contributed by atoms with van der Waals surface area (Å²) in [5.74, 6) is 0.427. The molecule has 0 saturated carbocycles. The first kappa shape index (κ1) is 17.3. The molecular weight excluding hydrogens is 438 g/mol. The third-order valence-electron chi connectivity index (χ3n) is 3.88. The van der Waals surface area contributed by atoms with Crippen molar-refractivity contribution >= 4 is 50.1 Å². The van der Waals surface area contributed by atoms with E-state index in [2.05, 4.69) is 26.1 Å². The van der Waals surface area contributed by atoms with Crippen LogP contribution >= 0.6 is 39.0 Å². The van der Waals surface area contributed by atoms with E-state index < -0.39 is 0 Å². The van der Waals surface area contributed by atoms with Crippen molar-refractivity contribution in [3.63, 3.8) is 0 Å². The number of carbonyl (C=O) groups is 1. The lowest BCUT2D eigenvalue weighted by molar-refractivity contribution is -0.115. The second-order valence-electron chi connectivity index (χ2n) is 5.54. The van der Waals surface area contributed by atoms with Crippen LogP contribution in [0.5, 0.6) is 11.5 Å². The Morgan fingerprint density at radius 1 is 1.12 bits per heavy atom. The van der Waals surface area contributed by atoms with Crippen molar-refractivity contribution in [2.45, 2.75) is 5.37 Å². The fourth-order valence-electron chi connectivity index (χ4n) is 2.66. The highest BCUT2D eigenvalue weighted by Gasteiger charge is 2.37. The Hall–Kier alpha value is -2.10. The van der Waals surface area contributed by atoms with E-state index in [-0.39, 0.29) is 22.8 Å². The molecule has 1 aliphatic heterocycles. The topological polar surface area (TPSA) is 86.5 Å². The Morgan fingerprint density at radius 3 is 2.73 bits per heavy atom. The van der Waals surface area contributed by atoms with Crippen LogP contribution in [0.3, 0.4) is 0 Å². The van der Waals surface area contributed by atoms with Crippen LogP contribution in [0.4, 0.5) is 5.13 Å². The van der Waals surface area contributed by atoms with Gasteiger partial charge < -0.3 is 10.2 Å². The van der Waals surface area contributed by atoms with E-state index in [9.17, 15) is 15.0 Å². The normalized spacial score (nSPS) is 17.0. The second kappa shape index (κ2) is 6.90. The smallest absolute Gasteiger partial charge is 0.240 e. The van der Waals surface area contributed by atoms with Crippen molar-refractivity contribution in [1.82, 2.24) is 10.2 Å². The molecule has 9 heteroatoms. The van der Waals surface area contributed by atoms with Crippen molar-refractivity contribution in [2.24, 2.45) is 0 Å². The molecule has 132 valence electrons. The predicted molar refractivity (Wildman–Crippen MR) is 106 cm³/mol. The van der Waals surface area contributed by atoms with E-state index in [1.807, 2.05) is 0 Å². The fraction of sp³-hybridized carbons (Fsp3) is 0.118. The van der Waals surface area contributed by atoms with Gasteiger partial charge in [-0.2, -0.15) is 0 Å². The lowest BCUT2D eigenvalue weighted by Crippen LogP contribution is -2.27. The lowest BCUT2D eigenvalue weighted by Gasteiger charge is -2.21. The van der Waals surface area contributed by atoms with Crippen LogP contribution < -0.4 is 4.90 Å². The summed E-state index contributed by atoms with van der Waals surface area (Å²) in [5, 5.41) is 29.1. The number of phenols is 2. The van der Waals surface area contributed by atoms with Crippen LogP contribution in [0.25, 0.3) is 10.6 Å². The molecular formula is C17H12BrN3O3S2. The Labute approximate surface area is 165 Å². The van der Waals surface area contributed by atoms with Crippen LogP contribution in [0, 0.1) is 0 Å². The molecule has 4 rings (SSSR count). The average molecular weight is 450 g/mol. The maximum atomic E-state index is 12.5. The maximum absolute atomic E-state index is 12.5. The van der Waals surface area contributed by atoms with Crippen molar-refractivity contribution in [1.29, 1.82) is 0 Å². The van der Waals surface area contributed by atoms with Crippen molar-refractivity contribution in [3.8, 4) is 22.1 Å². The molecule has 2 aromatic carbocycles. The number of carbonyl (C=O) groups excluding carboxylic acids is 1. The summed E-state index contributed by atoms with van der Waals surface area (Å²) < 4.78 is 0.817. The summed E-state index contributed by atoms with van der Waals surface area (Å²) >= 11 is 6.05. The molecule has 1 aliphatic rings. The molecule has 0 spiro atoms. The molecule has 0 radical (unpaired) electrons. The van der Waals surface area contributed by atoms with Gasteiger partial charge in [-0.3, -0.25) is 9.69 Å². The Morgan fingerprint density at radius 2 is 1.92 bits per heavy atom. The van der Waals surface area contributed by atoms with Crippen LogP contribution in [0.15, 0.2) is 46.9 Å². The number of benzene rings is 2. The van der Waals surface area contributed by atoms with E-state index >= 15 is 0 Å². The van der Waals surface area contributed by atoms with Gasteiger partial charge in [0.2, 0.25) is 11.0 Å². The van der Waals surface area contributed by atoms with Gasteiger partial charge >= 0.3 is 0 Å². The molecule has 6 nitrogen and oxygen atoms in total. The number of aromatic hydroxyl groups is 2. The van der Waals surface area contributed by atoms with Crippen LogP contribution in [0.2, 0.25) is 0 Å². The van der Waals surface area contributed by atoms with E-state index in [1.165, 1.54) is 23.1 Å². The zero-order chi connectivity index (χ0) is 18.3. The molecule has 1 saturated heterocycles. The van der Waals surface area contributed by atoms with E-state index in [4.69, 9.17) is 0 Å². The molecule has 3 aromatic rings. The number of rotatable bonds is 3. The second-order valence-corrected chi connectivity index (χ2v) is 8.48. The molecule has 0 aliphatic carbocycles. The van der Waals surface area contributed by atoms with Crippen LogP contribution in [0.1, 0.15) is 10.9 Å². The molecule has 1 aromatic heterocycles. The van der Waals surface area contributed by atoms with Gasteiger partial charge in [-0.25, -0.2) is 0 Å². The third-order valence-corrected chi connectivity index (χ3v) is 6.52. The first-order valence-corrected chi connectivity index (χ1v) is 10.2. The number of phenolic OH excluding ortho intramolecular Hbond substituents is 2. The van der Waals surface area contributed by atoms with E-state index in [0.717, 1.165) is 4.47 Å². The number of hydrogen-bond acceptors (Lipinski definition) is 7. The Bertz CT molecular complexity index is 995. The highest BCUT2D eigenvalue weighted by Crippen LogP contribution is 2.47. The summed E-state index contributed by atoms with van der Waals surface area (Å²) in [4.78, 5) is 14.0. The average Bonchev–Trinajstić information content (AvgIpc) is 3.24. The first-order chi connectivity index (χ1) is 12.5. The predicted octanol–water partition coefficient (Wildman–Crippen LogP) is 4.16. The Kier molecular flexibility index (Phi) is 4.60. The van der Waals surface area contributed by atoms with E-state index in [1.54, 1.807) is 47.4 Å². The lowest BCUT2D eigenvalue weighted by atomic mass is 10.2. The highest BCUT2D eigenvalue weighted by molar-refractivity contribution is 9.10. The molecule has 1 fully saturated rings. The number of para-hydroxylation sites is 1. The largest absolute Gasteiger partial charge is 0.508 e. The first-order valence-electron chi connectivity index (χ1n) is 7.58. The standard InChI is InChI=1S/C17H12BrN3O3S2/c18-9-5-6-13(23)11(7-9)16-21(14(24)8-25-16)17-20-19-15(26-17)10-3-1-2-4-12(10)22/h1-7,16,22-23H,8H2. The zero-order valence-corrected chi connectivity index (χ0v) is 16.4. The van der Waals surface area contributed by atoms with Gasteiger partial charge in [0.25, 0.3) is 0 Å². The van der Waals surface area contributed by atoms with Gasteiger partial charge in [0.1, 0.15) is 16.9 Å². The van der Waals surface area contributed by atoms with Gasteiger partial charge in [-0.1, -0.05) is 39.4 Å². The zero-order valence-electron chi connectivity index (χ0n) is 13.2. The molecule has 2 heterocycles. The summed E-state index contributed by atoms with van der Waals surface area (Å²) in [5.41, 5.74) is 1.20. The SMILES string of the molecule is O=C1CSC(c2cc(Br)ccc2O)N1c1nnc(-c2ccccc2O)s1. The summed E-state index contributed by atoms with van der Waals surface area (Å²) in [7, 11) is 0. The van der Waals surface area contributed by atoms with Crippen molar-refractivity contribution < 1.29 is 15.0 Å². The fourth-order valence-corrected chi connectivity index (χ4v) is 5.20. The van der Waals surface area contributed by atoms with Crippen LogP contribution in [-0.2, 0) is 4.79 Å². The van der Waals surface area contributed by atoms with Gasteiger partial charge in [0, 0.05) is 10.0 Å². The minimum Gasteiger partial charge on any atom is -0.508 e. The number of thioether (sulfide) groups is 1. The van der Waals surface area contributed by atoms with Crippen molar-refractivity contribution in [2.75, 3.05) is 10.7 Å². The third kappa shape index (κ3) is 3.06. The number of anilines is 1. The molecule has 26 heavy (non-hydrogen) atoms.